The minimum absolute atomic E-state index is 0.0913. The molecule has 1 aromatic rings. The van der Waals surface area contributed by atoms with Crippen LogP contribution in [0.4, 0.5) is 5.69 Å². The van der Waals surface area contributed by atoms with Crippen LogP contribution >= 0.6 is 0 Å². The highest BCUT2D eigenvalue weighted by Gasteiger charge is 2.25. The van der Waals surface area contributed by atoms with Gasteiger partial charge < -0.3 is 10.5 Å². The Hall–Kier alpha value is -1.46. The lowest BCUT2D eigenvalue weighted by atomic mass is 10.0. The van der Waals surface area contributed by atoms with Gasteiger partial charge in [-0.15, -0.1) is 0 Å². The molecule has 15 heavy (non-hydrogen) atoms. The zero-order chi connectivity index (χ0) is 10.8. The third-order valence-corrected chi connectivity index (χ3v) is 2.45. The summed E-state index contributed by atoms with van der Waals surface area (Å²) in [5.41, 5.74) is 6.92. The highest BCUT2D eigenvalue weighted by atomic mass is 16.6. The highest BCUT2D eigenvalue weighted by molar-refractivity contribution is 5.34. The second kappa shape index (κ2) is 3.96. The average Bonchev–Trinajstić information content (AvgIpc) is 3.02. The molecule has 2 rings (SSSR count). The molecule has 1 fully saturated rings. The number of non-ortho nitro benzene ring substituents is 1. The van der Waals surface area contributed by atoms with Crippen molar-refractivity contribution in [1.82, 2.24) is 0 Å². The average molecular weight is 208 g/mol. The maximum Gasteiger partial charge on any atom is 0.269 e. The van der Waals surface area contributed by atoms with E-state index in [-0.39, 0.29) is 17.8 Å². The Balaban J connectivity index is 2.04. The van der Waals surface area contributed by atoms with Gasteiger partial charge in [0.25, 0.3) is 5.69 Å². The number of nitrogens with two attached hydrogens (primary N) is 1. The van der Waals surface area contributed by atoms with Gasteiger partial charge in [-0.2, -0.15) is 0 Å². The van der Waals surface area contributed by atoms with E-state index >= 15 is 0 Å². The van der Waals surface area contributed by atoms with Crippen molar-refractivity contribution in [3.63, 3.8) is 0 Å². The van der Waals surface area contributed by atoms with E-state index in [1.807, 2.05) is 0 Å². The zero-order valence-corrected chi connectivity index (χ0v) is 8.13. The minimum Gasteiger partial charge on any atom is -0.373 e. The molecule has 0 aliphatic carbocycles. The molecule has 0 bridgehead atoms. The highest BCUT2D eigenvalue weighted by Crippen LogP contribution is 2.24. The first kappa shape index (κ1) is 10.1. The number of epoxide rings is 1. The van der Waals surface area contributed by atoms with E-state index in [9.17, 15) is 10.1 Å². The van der Waals surface area contributed by atoms with Gasteiger partial charge in [0.1, 0.15) is 0 Å². The van der Waals surface area contributed by atoms with Crippen LogP contribution in [0.2, 0.25) is 0 Å². The summed E-state index contributed by atoms with van der Waals surface area (Å²) in [6, 6.07) is 6.25. The molecular formula is C10H12N2O3. The van der Waals surface area contributed by atoms with Crippen molar-refractivity contribution in [1.29, 1.82) is 0 Å². The van der Waals surface area contributed by atoms with Crippen LogP contribution in [0.15, 0.2) is 24.3 Å². The predicted octanol–water partition coefficient (Wildman–Crippen LogP) is 1.38. The van der Waals surface area contributed by atoms with Crippen molar-refractivity contribution < 1.29 is 9.66 Å². The maximum atomic E-state index is 10.4. The number of ether oxygens (including phenoxy) is 1. The van der Waals surface area contributed by atoms with Crippen molar-refractivity contribution in [3.05, 3.63) is 39.9 Å². The molecule has 1 aliphatic heterocycles. The van der Waals surface area contributed by atoms with Gasteiger partial charge in [-0.05, 0) is 12.0 Å². The molecular weight excluding hydrogens is 196 g/mol. The predicted molar refractivity (Wildman–Crippen MR) is 54.4 cm³/mol. The summed E-state index contributed by atoms with van der Waals surface area (Å²) >= 11 is 0. The van der Waals surface area contributed by atoms with Gasteiger partial charge in [0.05, 0.1) is 17.6 Å². The number of nitro benzene ring substituents is 1. The number of nitro groups is 1. The first-order valence-electron chi connectivity index (χ1n) is 4.78. The molecule has 5 heteroatoms. The fraction of sp³-hybridized carbons (Fsp3) is 0.400. The fourth-order valence-electron chi connectivity index (χ4n) is 1.47. The molecule has 0 aromatic heterocycles. The Labute approximate surface area is 87.0 Å². The van der Waals surface area contributed by atoms with Crippen LogP contribution in [-0.2, 0) is 4.74 Å². The molecule has 0 saturated carbocycles. The fourth-order valence-corrected chi connectivity index (χ4v) is 1.47. The summed E-state index contributed by atoms with van der Waals surface area (Å²) in [7, 11) is 0. The largest absolute Gasteiger partial charge is 0.373 e. The van der Waals surface area contributed by atoms with E-state index in [0.29, 0.717) is 0 Å². The minimum atomic E-state index is -0.417. The topological polar surface area (TPSA) is 81.7 Å². The van der Waals surface area contributed by atoms with Gasteiger partial charge in [0.2, 0.25) is 0 Å². The molecule has 5 nitrogen and oxygen atoms in total. The number of benzene rings is 1. The summed E-state index contributed by atoms with van der Waals surface area (Å²) in [6.07, 6.45) is 1.05. The summed E-state index contributed by atoms with van der Waals surface area (Å²) in [5, 5.41) is 10.4. The third-order valence-electron chi connectivity index (χ3n) is 2.45. The molecule has 80 valence electrons. The van der Waals surface area contributed by atoms with Crippen molar-refractivity contribution >= 4 is 5.69 Å². The van der Waals surface area contributed by atoms with E-state index in [2.05, 4.69) is 0 Å². The lowest BCUT2D eigenvalue weighted by Gasteiger charge is -2.09. The lowest BCUT2D eigenvalue weighted by Crippen LogP contribution is -2.12. The summed E-state index contributed by atoms with van der Waals surface area (Å²) < 4.78 is 5.07. The standard InChI is InChI=1S/C10H12N2O3/c11-10(5-9-6-15-9)7-1-3-8(4-2-7)12(13)14/h1-4,9-10H,5-6,11H2. The van der Waals surface area contributed by atoms with Crippen molar-refractivity contribution in [2.45, 2.75) is 18.6 Å². The third kappa shape index (κ3) is 2.51. The van der Waals surface area contributed by atoms with Crippen LogP contribution in [0, 0.1) is 10.1 Å². The lowest BCUT2D eigenvalue weighted by molar-refractivity contribution is -0.384. The van der Waals surface area contributed by atoms with E-state index in [4.69, 9.17) is 10.5 Å². The van der Waals surface area contributed by atoms with Gasteiger partial charge in [0, 0.05) is 18.2 Å². The molecule has 1 heterocycles. The molecule has 0 spiro atoms. The maximum absolute atomic E-state index is 10.4. The van der Waals surface area contributed by atoms with Crippen LogP contribution in [0.1, 0.15) is 18.0 Å². The van der Waals surface area contributed by atoms with Crippen LogP contribution in [0.25, 0.3) is 0 Å². The molecule has 2 atom stereocenters. The van der Waals surface area contributed by atoms with Crippen LogP contribution in [0.3, 0.4) is 0 Å². The second-order valence-corrected chi connectivity index (χ2v) is 3.65. The van der Waals surface area contributed by atoms with Gasteiger partial charge in [-0.25, -0.2) is 0 Å². The summed E-state index contributed by atoms with van der Waals surface area (Å²) in [5.74, 6) is 0. The van der Waals surface area contributed by atoms with Crippen LogP contribution in [0.5, 0.6) is 0 Å². The summed E-state index contributed by atoms with van der Waals surface area (Å²) in [4.78, 5) is 10.0. The molecule has 0 amide bonds. The van der Waals surface area contributed by atoms with Gasteiger partial charge >= 0.3 is 0 Å². The van der Waals surface area contributed by atoms with Crippen LogP contribution < -0.4 is 5.73 Å². The van der Waals surface area contributed by atoms with Crippen molar-refractivity contribution in [2.75, 3.05) is 6.61 Å². The van der Waals surface area contributed by atoms with Crippen molar-refractivity contribution in [3.8, 4) is 0 Å². The van der Waals surface area contributed by atoms with Crippen LogP contribution in [-0.4, -0.2) is 17.6 Å². The Morgan fingerprint density at radius 3 is 2.60 bits per heavy atom. The Kier molecular flexibility index (Phi) is 2.66. The van der Waals surface area contributed by atoms with E-state index in [1.165, 1.54) is 12.1 Å². The Morgan fingerprint density at radius 1 is 1.53 bits per heavy atom. The number of rotatable bonds is 4. The summed E-state index contributed by atoms with van der Waals surface area (Å²) in [6.45, 7) is 0.778. The number of hydrogen-bond acceptors (Lipinski definition) is 4. The Morgan fingerprint density at radius 2 is 2.13 bits per heavy atom. The molecule has 0 radical (unpaired) electrons. The monoisotopic (exact) mass is 208 g/mol. The first-order valence-corrected chi connectivity index (χ1v) is 4.78. The first-order chi connectivity index (χ1) is 7.16. The number of nitrogens with zero attached hydrogens (tertiary/aromatic N) is 1. The van der Waals surface area contributed by atoms with Gasteiger partial charge in [-0.3, -0.25) is 10.1 Å². The van der Waals surface area contributed by atoms with Crippen molar-refractivity contribution in [2.24, 2.45) is 5.73 Å². The van der Waals surface area contributed by atoms with Gasteiger partial charge in [-0.1, -0.05) is 12.1 Å². The molecule has 1 saturated heterocycles. The smallest absolute Gasteiger partial charge is 0.269 e. The van der Waals surface area contributed by atoms with E-state index < -0.39 is 4.92 Å². The van der Waals surface area contributed by atoms with Gasteiger partial charge in [0.15, 0.2) is 0 Å². The van der Waals surface area contributed by atoms with E-state index in [0.717, 1.165) is 18.6 Å². The second-order valence-electron chi connectivity index (χ2n) is 3.65. The van der Waals surface area contributed by atoms with E-state index in [1.54, 1.807) is 12.1 Å². The number of hydrogen-bond donors (Lipinski definition) is 1. The molecule has 1 aromatic carbocycles. The quantitative estimate of drug-likeness (QED) is 0.460. The zero-order valence-electron chi connectivity index (χ0n) is 8.13. The molecule has 2 unspecified atom stereocenters. The molecule has 1 aliphatic rings. The SMILES string of the molecule is NC(CC1CO1)c1ccc([N+](=O)[O-])cc1. The normalized spacial score (nSPS) is 21.0. The molecule has 2 N–H and O–H groups in total. The Bertz CT molecular complexity index is 359.